The standard InChI is InChI=1S/C11H11N2O/c1-2-5-10-9(4-1)8-11(12-10)13-6-3-7-14-13/h1-7,11-12H,8H2. The third kappa shape index (κ3) is 1.17. The van der Waals surface area contributed by atoms with Crippen molar-refractivity contribution in [2.75, 3.05) is 5.32 Å². The summed E-state index contributed by atoms with van der Waals surface area (Å²) in [6.45, 7) is 1.93. The van der Waals surface area contributed by atoms with Gasteiger partial charge >= 0.3 is 0 Å². The maximum atomic E-state index is 5.30. The van der Waals surface area contributed by atoms with E-state index >= 15 is 0 Å². The van der Waals surface area contributed by atoms with Crippen LogP contribution in [0, 0.1) is 6.54 Å². The largest absolute Gasteiger partial charge is 0.411 e. The number of nitrogens with one attached hydrogen (secondary N) is 1. The van der Waals surface area contributed by atoms with E-state index in [0.29, 0.717) is 0 Å². The Bertz CT molecular complexity index is 342. The number of hydrogen-bond donors (Lipinski definition) is 1. The molecule has 1 N–H and O–H groups in total. The van der Waals surface area contributed by atoms with Crippen molar-refractivity contribution < 1.29 is 4.84 Å². The zero-order chi connectivity index (χ0) is 9.38. The maximum Gasteiger partial charge on any atom is 0.119 e. The van der Waals surface area contributed by atoms with E-state index in [2.05, 4.69) is 23.5 Å². The molecule has 1 aromatic rings. The third-order valence-corrected chi connectivity index (χ3v) is 2.55. The van der Waals surface area contributed by atoms with E-state index in [9.17, 15) is 0 Å². The molecule has 3 heteroatoms. The number of para-hydroxylation sites is 1. The highest BCUT2D eigenvalue weighted by molar-refractivity contribution is 5.56. The van der Waals surface area contributed by atoms with Gasteiger partial charge in [0.2, 0.25) is 0 Å². The van der Waals surface area contributed by atoms with Gasteiger partial charge in [-0.05, 0) is 17.7 Å². The molecule has 1 atom stereocenters. The topological polar surface area (TPSA) is 24.5 Å². The second kappa shape index (κ2) is 3.03. The molecule has 0 saturated heterocycles. The van der Waals surface area contributed by atoms with Gasteiger partial charge in [0.15, 0.2) is 0 Å². The predicted molar refractivity (Wildman–Crippen MR) is 53.9 cm³/mol. The molecule has 0 amide bonds. The highest BCUT2D eigenvalue weighted by Gasteiger charge is 2.27. The molecule has 2 aliphatic rings. The molecule has 1 radical (unpaired) electrons. The number of nitrogens with zero attached hydrogens (tertiary/aromatic N) is 1. The third-order valence-electron chi connectivity index (χ3n) is 2.55. The highest BCUT2D eigenvalue weighted by atomic mass is 16.7. The smallest absolute Gasteiger partial charge is 0.119 e. The van der Waals surface area contributed by atoms with Crippen molar-refractivity contribution in [2.45, 2.75) is 12.6 Å². The summed E-state index contributed by atoms with van der Waals surface area (Å²) < 4.78 is 0. The van der Waals surface area contributed by atoms with Gasteiger partial charge in [-0.1, -0.05) is 18.2 Å². The summed E-state index contributed by atoms with van der Waals surface area (Å²) in [7, 11) is 0. The predicted octanol–water partition coefficient (Wildman–Crippen LogP) is 1.90. The first-order valence-corrected chi connectivity index (χ1v) is 4.73. The van der Waals surface area contributed by atoms with Gasteiger partial charge in [0.25, 0.3) is 0 Å². The Hall–Kier alpha value is -1.48. The van der Waals surface area contributed by atoms with E-state index in [-0.39, 0.29) is 6.17 Å². The van der Waals surface area contributed by atoms with Gasteiger partial charge in [-0.3, -0.25) is 0 Å². The Labute approximate surface area is 82.9 Å². The van der Waals surface area contributed by atoms with E-state index in [1.165, 1.54) is 11.3 Å². The molecule has 0 bridgehead atoms. The molecule has 71 valence electrons. The van der Waals surface area contributed by atoms with Crippen LogP contribution < -0.4 is 5.32 Å². The maximum absolute atomic E-state index is 5.30. The number of benzene rings is 1. The monoisotopic (exact) mass is 187 g/mol. The van der Waals surface area contributed by atoms with Gasteiger partial charge in [-0.25, -0.2) is 0 Å². The molecule has 1 unspecified atom stereocenters. The minimum Gasteiger partial charge on any atom is -0.411 e. The van der Waals surface area contributed by atoms with Crippen LogP contribution in [0.3, 0.4) is 0 Å². The molecule has 0 aromatic heterocycles. The summed E-state index contributed by atoms with van der Waals surface area (Å²) in [6.07, 6.45) is 4.78. The first-order chi connectivity index (χ1) is 6.93. The Morgan fingerprint density at radius 2 is 2.29 bits per heavy atom. The number of hydrogen-bond acceptors (Lipinski definition) is 3. The lowest BCUT2D eigenvalue weighted by molar-refractivity contribution is -0.0806. The average molecular weight is 187 g/mol. The van der Waals surface area contributed by atoms with Crippen LogP contribution in [-0.2, 0) is 11.3 Å². The Morgan fingerprint density at radius 1 is 1.36 bits per heavy atom. The van der Waals surface area contributed by atoms with Gasteiger partial charge in [-0.15, -0.1) is 5.06 Å². The highest BCUT2D eigenvalue weighted by Crippen LogP contribution is 2.28. The van der Waals surface area contributed by atoms with Crippen LogP contribution in [0.25, 0.3) is 0 Å². The van der Waals surface area contributed by atoms with Crippen LogP contribution in [0.5, 0.6) is 0 Å². The molecule has 3 nitrogen and oxygen atoms in total. The van der Waals surface area contributed by atoms with Crippen LogP contribution in [-0.4, -0.2) is 11.2 Å². The first kappa shape index (κ1) is 7.88. The minimum atomic E-state index is 0.224. The number of hydroxylamine groups is 2. The summed E-state index contributed by atoms with van der Waals surface area (Å²) in [4.78, 5) is 5.30. The van der Waals surface area contributed by atoms with Crippen molar-refractivity contribution >= 4 is 5.69 Å². The Balaban J connectivity index is 1.78. The van der Waals surface area contributed by atoms with Crippen molar-refractivity contribution in [3.05, 3.63) is 48.7 Å². The molecule has 2 heterocycles. The van der Waals surface area contributed by atoms with Crippen LogP contribution in [0.15, 0.2) is 36.6 Å². The van der Waals surface area contributed by atoms with Gasteiger partial charge in [0, 0.05) is 12.1 Å². The number of rotatable bonds is 1. The fourth-order valence-electron chi connectivity index (χ4n) is 1.87. The van der Waals surface area contributed by atoms with Crippen LogP contribution in [0.1, 0.15) is 5.56 Å². The Kier molecular flexibility index (Phi) is 1.70. The van der Waals surface area contributed by atoms with Crippen molar-refractivity contribution in [3.8, 4) is 0 Å². The lowest BCUT2D eigenvalue weighted by Crippen LogP contribution is -2.34. The molecular formula is C11H11N2O. The summed E-state index contributed by atoms with van der Waals surface area (Å²) in [5.74, 6) is 0. The van der Waals surface area contributed by atoms with Crippen LogP contribution in [0.2, 0.25) is 0 Å². The molecule has 0 aliphatic carbocycles. The molecule has 0 fully saturated rings. The first-order valence-electron chi connectivity index (χ1n) is 4.73. The summed E-state index contributed by atoms with van der Waals surface area (Å²) >= 11 is 0. The van der Waals surface area contributed by atoms with E-state index in [0.717, 1.165) is 6.42 Å². The summed E-state index contributed by atoms with van der Waals surface area (Å²) in [5, 5.41) is 5.24. The van der Waals surface area contributed by atoms with Crippen molar-refractivity contribution in [1.82, 2.24) is 5.06 Å². The van der Waals surface area contributed by atoms with Crippen LogP contribution in [0.4, 0.5) is 5.69 Å². The van der Waals surface area contributed by atoms with E-state index in [4.69, 9.17) is 4.84 Å². The zero-order valence-electron chi connectivity index (χ0n) is 7.68. The number of anilines is 1. The fraction of sp³-hybridized carbons (Fsp3) is 0.182. The molecule has 0 spiro atoms. The average Bonchev–Trinajstić information content (AvgIpc) is 2.86. The molecule has 0 saturated carbocycles. The summed E-state index contributed by atoms with van der Waals surface area (Å²) in [6, 6.07) is 8.35. The molecule has 3 rings (SSSR count). The number of fused-ring (bicyclic) bond motifs is 1. The van der Waals surface area contributed by atoms with Crippen molar-refractivity contribution in [2.24, 2.45) is 0 Å². The van der Waals surface area contributed by atoms with Crippen molar-refractivity contribution in [3.63, 3.8) is 0 Å². The van der Waals surface area contributed by atoms with Crippen molar-refractivity contribution in [1.29, 1.82) is 0 Å². The molecule has 14 heavy (non-hydrogen) atoms. The Morgan fingerprint density at radius 3 is 3.07 bits per heavy atom. The molecule has 2 aliphatic heterocycles. The van der Waals surface area contributed by atoms with E-state index in [1.54, 1.807) is 6.26 Å². The quantitative estimate of drug-likeness (QED) is 0.726. The lowest BCUT2D eigenvalue weighted by atomic mass is 10.1. The fourth-order valence-corrected chi connectivity index (χ4v) is 1.87. The normalized spacial score (nSPS) is 24.4. The molecular weight excluding hydrogens is 176 g/mol. The second-order valence-electron chi connectivity index (χ2n) is 3.46. The second-order valence-corrected chi connectivity index (χ2v) is 3.46. The summed E-state index contributed by atoms with van der Waals surface area (Å²) in [5.41, 5.74) is 2.56. The lowest BCUT2D eigenvalue weighted by Gasteiger charge is -2.21. The van der Waals surface area contributed by atoms with Gasteiger partial charge in [0.05, 0.1) is 6.54 Å². The SMILES string of the molecule is [CH]1C=CON1C1Cc2ccccc2N1. The van der Waals surface area contributed by atoms with Gasteiger partial charge in [0.1, 0.15) is 12.4 Å². The van der Waals surface area contributed by atoms with E-state index < -0.39 is 0 Å². The zero-order valence-corrected chi connectivity index (χ0v) is 7.68. The van der Waals surface area contributed by atoms with Crippen LogP contribution >= 0.6 is 0 Å². The van der Waals surface area contributed by atoms with Gasteiger partial charge in [-0.2, -0.15) is 0 Å². The van der Waals surface area contributed by atoms with Gasteiger partial charge < -0.3 is 10.2 Å². The minimum absolute atomic E-state index is 0.224. The van der Waals surface area contributed by atoms with E-state index in [1.807, 2.05) is 23.8 Å². The molecule has 1 aromatic carbocycles.